The van der Waals surface area contributed by atoms with E-state index in [1.807, 2.05) is 31.2 Å². The summed E-state index contributed by atoms with van der Waals surface area (Å²) in [5, 5.41) is 8.19. The molecular formula is C16H19N3O2. The van der Waals surface area contributed by atoms with Gasteiger partial charge in [-0.2, -0.15) is 0 Å². The molecule has 110 valence electrons. The third kappa shape index (κ3) is 3.07. The van der Waals surface area contributed by atoms with E-state index in [1.165, 1.54) is 0 Å². The maximum Gasteiger partial charge on any atom is 0.242 e. The summed E-state index contributed by atoms with van der Waals surface area (Å²) >= 11 is 0. The number of amides is 1. The van der Waals surface area contributed by atoms with Crippen LogP contribution in [0.15, 0.2) is 30.5 Å². The third-order valence-corrected chi connectivity index (χ3v) is 3.64. The van der Waals surface area contributed by atoms with E-state index in [9.17, 15) is 4.79 Å². The molecule has 0 spiro atoms. The first-order valence-corrected chi connectivity index (χ1v) is 7.17. The van der Waals surface area contributed by atoms with Crippen molar-refractivity contribution in [1.29, 1.82) is 0 Å². The minimum atomic E-state index is -0.314. The van der Waals surface area contributed by atoms with Crippen molar-refractivity contribution in [2.75, 3.05) is 12.4 Å². The molecule has 0 radical (unpaired) electrons. The lowest BCUT2D eigenvalue weighted by Crippen LogP contribution is -2.38. The Balaban J connectivity index is 1.80. The maximum atomic E-state index is 12.0. The molecular weight excluding hydrogens is 266 g/mol. The van der Waals surface area contributed by atoms with Crippen LogP contribution >= 0.6 is 0 Å². The lowest BCUT2D eigenvalue weighted by molar-refractivity contribution is -0.121. The van der Waals surface area contributed by atoms with Gasteiger partial charge in [-0.3, -0.25) is 4.79 Å². The van der Waals surface area contributed by atoms with E-state index in [4.69, 9.17) is 4.74 Å². The van der Waals surface area contributed by atoms with Gasteiger partial charge in [0.05, 0.1) is 7.11 Å². The zero-order valence-electron chi connectivity index (χ0n) is 12.2. The molecule has 1 aliphatic rings. The molecule has 1 saturated carbocycles. The number of benzene rings is 1. The van der Waals surface area contributed by atoms with E-state index >= 15 is 0 Å². The molecule has 0 saturated heterocycles. The summed E-state index contributed by atoms with van der Waals surface area (Å²) < 4.78 is 5.23. The van der Waals surface area contributed by atoms with Gasteiger partial charge in [-0.15, -0.1) is 0 Å². The molecule has 2 aromatic rings. The number of aromatic nitrogens is 1. The molecule has 1 fully saturated rings. The number of carbonyl (C=O) groups excluding carboxylic acids is 1. The van der Waals surface area contributed by atoms with Crippen LogP contribution in [0.5, 0.6) is 5.75 Å². The summed E-state index contributed by atoms with van der Waals surface area (Å²) in [5.41, 5.74) is 0. The lowest BCUT2D eigenvalue weighted by Gasteiger charge is -2.16. The Bertz CT molecular complexity index is 668. The predicted molar refractivity (Wildman–Crippen MR) is 82.5 cm³/mol. The van der Waals surface area contributed by atoms with E-state index < -0.39 is 0 Å². The molecule has 1 atom stereocenters. The molecule has 0 bridgehead atoms. The van der Waals surface area contributed by atoms with Crippen LogP contribution in [0, 0.1) is 0 Å². The smallest absolute Gasteiger partial charge is 0.242 e. The number of ether oxygens (including phenoxy) is 1. The Morgan fingerprint density at radius 2 is 2.19 bits per heavy atom. The van der Waals surface area contributed by atoms with Gasteiger partial charge >= 0.3 is 0 Å². The van der Waals surface area contributed by atoms with Crippen LogP contribution in [0.3, 0.4) is 0 Å². The van der Waals surface area contributed by atoms with Gasteiger partial charge < -0.3 is 15.4 Å². The highest BCUT2D eigenvalue weighted by molar-refractivity contribution is 5.94. The number of rotatable bonds is 5. The summed E-state index contributed by atoms with van der Waals surface area (Å²) in [5.74, 6) is 1.54. The van der Waals surface area contributed by atoms with Gasteiger partial charge in [0.1, 0.15) is 17.6 Å². The van der Waals surface area contributed by atoms with Crippen molar-refractivity contribution in [2.45, 2.75) is 31.8 Å². The van der Waals surface area contributed by atoms with E-state index in [0.29, 0.717) is 11.9 Å². The molecule has 0 aliphatic heterocycles. The molecule has 21 heavy (non-hydrogen) atoms. The van der Waals surface area contributed by atoms with Gasteiger partial charge in [-0.05, 0) is 49.4 Å². The normalized spacial score (nSPS) is 15.5. The van der Waals surface area contributed by atoms with Crippen molar-refractivity contribution in [2.24, 2.45) is 0 Å². The molecule has 2 N–H and O–H groups in total. The molecule has 5 heteroatoms. The highest BCUT2D eigenvalue weighted by atomic mass is 16.5. The molecule has 1 aromatic heterocycles. The minimum absolute atomic E-state index is 0.0183. The average molecular weight is 285 g/mol. The second-order valence-electron chi connectivity index (χ2n) is 5.40. The fourth-order valence-corrected chi connectivity index (χ4v) is 2.22. The van der Waals surface area contributed by atoms with E-state index in [-0.39, 0.29) is 11.9 Å². The van der Waals surface area contributed by atoms with Crippen molar-refractivity contribution < 1.29 is 9.53 Å². The lowest BCUT2D eigenvalue weighted by atomic mass is 10.1. The predicted octanol–water partition coefficient (Wildman–Crippen LogP) is 2.32. The number of anilines is 1. The molecule has 1 aliphatic carbocycles. The number of nitrogens with one attached hydrogen (secondary N) is 2. The van der Waals surface area contributed by atoms with Crippen LogP contribution in [0.2, 0.25) is 0 Å². The number of methoxy groups -OCH3 is 1. The Hall–Kier alpha value is -2.30. The van der Waals surface area contributed by atoms with Gasteiger partial charge in [0.2, 0.25) is 5.91 Å². The monoisotopic (exact) mass is 285 g/mol. The zero-order chi connectivity index (χ0) is 14.8. The highest BCUT2D eigenvalue weighted by Crippen LogP contribution is 2.26. The molecule has 3 rings (SSSR count). The molecule has 1 aromatic carbocycles. The zero-order valence-corrected chi connectivity index (χ0v) is 12.2. The topological polar surface area (TPSA) is 63.2 Å². The summed E-state index contributed by atoms with van der Waals surface area (Å²) in [4.78, 5) is 16.4. The van der Waals surface area contributed by atoms with Crippen molar-refractivity contribution >= 4 is 22.5 Å². The second-order valence-corrected chi connectivity index (χ2v) is 5.40. The summed E-state index contributed by atoms with van der Waals surface area (Å²) in [6.07, 6.45) is 3.91. The van der Waals surface area contributed by atoms with Crippen molar-refractivity contribution in [3.8, 4) is 5.75 Å². The van der Waals surface area contributed by atoms with E-state index in [2.05, 4.69) is 15.6 Å². The molecule has 1 heterocycles. The largest absolute Gasteiger partial charge is 0.497 e. The number of fused-ring (bicyclic) bond motifs is 1. The van der Waals surface area contributed by atoms with Crippen LogP contribution in [0.4, 0.5) is 5.82 Å². The van der Waals surface area contributed by atoms with Crippen molar-refractivity contribution in [3.05, 3.63) is 30.5 Å². The number of hydrogen-bond donors (Lipinski definition) is 2. The Morgan fingerprint density at radius 1 is 1.38 bits per heavy atom. The fraction of sp³-hybridized carbons (Fsp3) is 0.375. The van der Waals surface area contributed by atoms with Crippen LogP contribution in [-0.2, 0) is 4.79 Å². The van der Waals surface area contributed by atoms with E-state index in [0.717, 1.165) is 29.4 Å². The van der Waals surface area contributed by atoms with Crippen molar-refractivity contribution in [1.82, 2.24) is 10.3 Å². The molecule has 1 amide bonds. The SMILES string of the molecule is COc1ccc2c(NC(C)C(=O)NC3CC3)nccc2c1. The van der Waals surface area contributed by atoms with Crippen molar-refractivity contribution in [3.63, 3.8) is 0 Å². The van der Waals surface area contributed by atoms with Gasteiger partial charge in [0, 0.05) is 17.6 Å². The second kappa shape index (κ2) is 5.60. The number of hydrogen-bond acceptors (Lipinski definition) is 4. The van der Waals surface area contributed by atoms with Crippen LogP contribution in [0.1, 0.15) is 19.8 Å². The number of pyridine rings is 1. The van der Waals surface area contributed by atoms with E-state index in [1.54, 1.807) is 13.3 Å². The van der Waals surface area contributed by atoms with Crippen LogP contribution in [0.25, 0.3) is 10.8 Å². The fourth-order valence-electron chi connectivity index (χ4n) is 2.22. The number of nitrogens with zero attached hydrogens (tertiary/aromatic N) is 1. The first kappa shape index (κ1) is 13.7. The Labute approximate surface area is 123 Å². The number of carbonyl (C=O) groups is 1. The highest BCUT2D eigenvalue weighted by Gasteiger charge is 2.25. The Morgan fingerprint density at radius 3 is 2.90 bits per heavy atom. The Kier molecular flexibility index (Phi) is 3.64. The standard InChI is InChI=1S/C16H19N3O2/c1-10(16(20)19-12-3-4-12)18-15-14-6-5-13(21-2)9-11(14)7-8-17-15/h5-10,12H,3-4H2,1-2H3,(H,17,18)(H,19,20). The van der Waals surface area contributed by atoms with Crippen LogP contribution in [-0.4, -0.2) is 30.1 Å². The summed E-state index contributed by atoms with van der Waals surface area (Å²) in [6, 6.07) is 7.78. The quantitative estimate of drug-likeness (QED) is 0.885. The van der Waals surface area contributed by atoms with Gasteiger partial charge in [-0.25, -0.2) is 4.98 Å². The molecule has 1 unspecified atom stereocenters. The molecule has 5 nitrogen and oxygen atoms in total. The first-order valence-electron chi connectivity index (χ1n) is 7.17. The van der Waals surface area contributed by atoms with Gasteiger partial charge in [0.15, 0.2) is 0 Å². The first-order chi connectivity index (χ1) is 10.2. The minimum Gasteiger partial charge on any atom is -0.497 e. The summed E-state index contributed by atoms with van der Waals surface area (Å²) in [7, 11) is 1.64. The maximum absolute atomic E-state index is 12.0. The van der Waals surface area contributed by atoms with Crippen LogP contribution < -0.4 is 15.4 Å². The van der Waals surface area contributed by atoms with Gasteiger partial charge in [0.25, 0.3) is 0 Å². The van der Waals surface area contributed by atoms with Gasteiger partial charge in [-0.1, -0.05) is 0 Å². The average Bonchev–Trinajstić information content (AvgIpc) is 3.30. The third-order valence-electron chi connectivity index (χ3n) is 3.64. The summed E-state index contributed by atoms with van der Waals surface area (Å²) in [6.45, 7) is 1.85.